The summed E-state index contributed by atoms with van der Waals surface area (Å²) in [5.74, 6) is 1.21. The van der Waals surface area contributed by atoms with Crippen LogP contribution in [0.25, 0.3) is 0 Å². The summed E-state index contributed by atoms with van der Waals surface area (Å²) in [6.07, 6.45) is 6.00. The normalized spacial score (nSPS) is 25.0. The fourth-order valence-electron chi connectivity index (χ4n) is 7.61. The first-order chi connectivity index (χ1) is 24.8. The van der Waals surface area contributed by atoms with Crippen LogP contribution in [-0.4, -0.2) is 54.7 Å². The molecule has 1 aliphatic heterocycles. The van der Waals surface area contributed by atoms with E-state index in [0.717, 1.165) is 72.1 Å². The van der Waals surface area contributed by atoms with Crippen LogP contribution in [0, 0.1) is 0 Å². The van der Waals surface area contributed by atoms with Gasteiger partial charge in [-0.2, -0.15) is 0 Å². The summed E-state index contributed by atoms with van der Waals surface area (Å²) in [5, 5.41) is 41.9. The quantitative estimate of drug-likeness (QED) is 0.0832. The molecule has 4 aromatic rings. The first kappa shape index (κ1) is 40.0. The maximum atomic E-state index is 10.5. The average Bonchev–Trinajstić information content (AvgIpc) is 3.07. The van der Waals surface area contributed by atoms with Gasteiger partial charge < -0.3 is 36.9 Å². The molecule has 1 aliphatic rings. The molecular formula is C40H56O8Si4. The van der Waals surface area contributed by atoms with Gasteiger partial charge in [-0.15, -0.1) is 0 Å². The summed E-state index contributed by atoms with van der Waals surface area (Å²) in [7, 11) is -11.7. The highest BCUT2D eigenvalue weighted by molar-refractivity contribution is 6.93. The molecule has 0 radical (unpaired) electrons. The van der Waals surface area contributed by atoms with Gasteiger partial charge in [0.05, 0.1) is 0 Å². The summed E-state index contributed by atoms with van der Waals surface area (Å²) in [6.45, 7) is 8.65. The number of aryl methyl sites for hydroxylation is 4. The molecule has 52 heavy (non-hydrogen) atoms. The van der Waals surface area contributed by atoms with Crippen molar-refractivity contribution in [1.29, 1.82) is 0 Å². The Labute approximate surface area is 314 Å². The lowest BCUT2D eigenvalue weighted by Crippen LogP contribution is -2.67. The van der Waals surface area contributed by atoms with Gasteiger partial charge >= 0.3 is 34.2 Å². The van der Waals surface area contributed by atoms with E-state index in [0.29, 0.717) is 48.7 Å². The number of benzene rings is 4. The van der Waals surface area contributed by atoms with Gasteiger partial charge in [0.1, 0.15) is 23.0 Å². The molecule has 0 aliphatic carbocycles. The van der Waals surface area contributed by atoms with E-state index in [9.17, 15) is 20.4 Å². The topological polar surface area (TPSA) is 118 Å². The lowest BCUT2D eigenvalue weighted by Gasteiger charge is -2.50. The Balaban J connectivity index is 1.41. The standard InChI is InChI=1S/C40H56O8Si4/c1-49(29-13-21-33-17-5-9-25-37(33)41)45-50(2,30-14-22-34-18-6-10-26-38(34)42)47-52(4,32-16-24-36-20-8-12-28-40(36)44)48-51(3,46-49)31-15-23-35-19-7-11-27-39(35)43/h5-12,17-20,25-28,41-44H,13-16,21-24,29-32H2,1-4H3. The van der Waals surface area contributed by atoms with Crippen LogP contribution in [0.1, 0.15) is 47.9 Å². The maximum absolute atomic E-state index is 10.5. The second-order valence-corrected chi connectivity index (χ2v) is 29.2. The van der Waals surface area contributed by atoms with Crippen LogP contribution in [0.4, 0.5) is 0 Å². The SMILES string of the molecule is C[Si]1(CCCc2ccccc2O)O[Si](C)(CCCc2ccccc2O)O[Si](C)(CCCc2ccccc2O)O[Si](C)(CCCc2ccccc2O)O1. The van der Waals surface area contributed by atoms with Gasteiger partial charge in [-0.05, 0) is 148 Å². The van der Waals surface area contributed by atoms with Crippen LogP contribution in [0.15, 0.2) is 97.1 Å². The van der Waals surface area contributed by atoms with Crippen molar-refractivity contribution in [3.05, 3.63) is 119 Å². The molecule has 1 saturated heterocycles. The van der Waals surface area contributed by atoms with Gasteiger partial charge in [0.25, 0.3) is 0 Å². The molecule has 4 aromatic carbocycles. The predicted octanol–water partition coefficient (Wildman–Crippen LogP) is 9.71. The largest absolute Gasteiger partial charge is 0.508 e. The highest BCUT2D eigenvalue weighted by atomic mass is 28.5. The minimum atomic E-state index is -2.91. The predicted molar refractivity (Wildman–Crippen MR) is 216 cm³/mol. The fourth-order valence-corrected chi connectivity index (χ4v) is 30.9. The third-order valence-corrected chi connectivity index (χ3v) is 28.9. The summed E-state index contributed by atoms with van der Waals surface area (Å²) in [5.41, 5.74) is 3.64. The summed E-state index contributed by atoms with van der Waals surface area (Å²) >= 11 is 0. The monoisotopic (exact) mass is 776 g/mol. The van der Waals surface area contributed by atoms with Crippen LogP contribution < -0.4 is 0 Å². The highest BCUT2D eigenvalue weighted by Crippen LogP contribution is 2.40. The van der Waals surface area contributed by atoms with Gasteiger partial charge in [0.2, 0.25) is 0 Å². The Morgan fingerprint density at radius 2 is 0.538 bits per heavy atom. The van der Waals surface area contributed by atoms with Crippen molar-refractivity contribution < 1.29 is 36.9 Å². The van der Waals surface area contributed by atoms with Gasteiger partial charge in [-0.1, -0.05) is 72.8 Å². The third kappa shape index (κ3) is 11.4. The van der Waals surface area contributed by atoms with Crippen molar-refractivity contribution in [3.8, 4) is 23.0 Å². The molecule has 0 saturated carbocycles. The smallest absolute Gasteiger partial charge is 0.317 e. The van der Waals surface area contributed by atoms with E-state index in [1.54, 1.807) is 24.3 Å². The van der Waals surface area contributed by atoms with Gasteiger partial charge in [-0.3, -0.25) is 0 Å². The van der Waals surface area contributed by atoms with E-state index in [1.807, 2.05) is 72.8 Å². The molecule has 0 aromatic heterocycles. The van der Waals surface area contributed by atoms with Gasteiger partial charge in [0.15, 0.2) is 0 Å². The van der Waals surface area contributed by atoms with Crippen LogP contribution in [0.5, 0.6) is 23.0 Å². The fraction of sp³-hybridized carbons (Fsp3) is 0.400. The molecule has 5 rings (SSSR count). The van der Waals surface area contributed by atoms with E-state index < -0.39 is 34.2 Å². The average molecular weight is 777 g/mol. The lowest BCUT2D eigenvalue weighted by atomic mass is 10.1. The van der Waals surface area contributed by atoms with Crippen LogP contribution >= 0.6 is 0 Å². The second-order valence-electron chi connectivity index (χ2n) is 14.9. The molecule has 0 spiro atoms. The molecule has 8 nitrogen and oxygen atoms in total. The Hall–Kier alpha value is -3.21. The molecule has 1 fully saturated rings. The Morgan fingerprint density at radius 3 is 0.731 bits per heavy atom. The van der Waals surface area contributed by atoms with Crippen LogP contribution in [-0.2, 0) is 42.1 Å². The number of phenolic OH excluding ortho intramolecular Hbond substituents is 4. The van der Waals surface area contributed by atoms with Crippen LogP contribution in [0.3, 0.4) is 0 Å². The summed E-state index contributed by atoms with van der Waals surface area (Å²) in [4.78, 5) is 0. The number of hydrogen-bond donors (Lipinski definition) is 4. The molecular weight excluding hydrogens is 721 g/mol. The van der Waals surface area contributed by atoms with Crippen molar-refractivity contribution in [2.45, 2.75) is 102 Å². The maximum Gasteiger partial charge on any atom is 0.317 e. The summed E-state index contributed by atoms with van der Waals surface area (Å²) < 4.78 is 29.5. The lowest BCUT2D eigenvalue weighted by molar-refractivity contribution is 0.220. The molecule has 0 unspecified atom stereocenters. The Morgan fingerprint density at radius 1 is 0.346 bits per heavy atom. The highest BCUT2D eigenvalue weighted by Gasteiger charge is 2.56. The zero-order valence-corrected chi connectivity index (χ0v) is 35.1. The molecule has 0 amide bonds. The zero-order valence-electron chi connectivity index (χ0n) is 31.1. The molecule has 0 bridgehead atoms. The van der Waals surface area contributed by atoms with Crippen LogP contribution in [0.2, 0.25) is 50.4 Å². The van der Waals surface area contributed by atoms with Crippen molar-refractivity contribution >= 4 is 34.2 Å². The van der Waals surface area contributed by atoms with Gasteiger partial charge in [0, 0.05) is 0 Å². The molecule has 1 heterocycles. The number of hydrogen-bond acceptors (Lipinski definition) is 8. The third-order valence-electron chi connectivity index (χ3n) is 10.0. The first-order valence-corrected chi connectivity index (χ1v) is 28.8. The van der Waals surface area contributed by atoms with E-state index in [-0.39, 0.29) is 0 Å². The van der Waals surface area contributed by atoms with Crippen molar-refractivity contribution in [3.63, 3.8) is 0 Å². The number of para-hydroxylation sites is 4. The number of aromatic hydroxyl groups is 4. The van der Waals surface area contributed by atoms with Crippen molar-refractivity contribution in [2.75, 3.05) is 0 Å². The van der Waals surface area contributed by atoms with Crippen molar-refractivity contribution in [1.82, 2.24) is 0 Å². The minimum absolute atomic E-state index is 0.304. The summed E-state index contributed by atoms with van der Waals surface area (Å²) in [6, 6.07) is 32.8. The molecule has 12 heteroatoms. The minimum Gasteiger partial charge on any atom is -0.508 e. The Bertz CT molecular complexity index is 1490. The van der Waals surface area contributed by atoms with E-state index in [4.69, 9.17) is 16.5 Å². The Kier molecular flexibility index (Phi) is 13.6. The first-order valence-electron chi connectivity index (χ1n) is 18.7. The zero-order chi connectivity index (χ0) is 37.2. The molecule has 0 atom stereocenters. The van der Waals surface area contributed by atoms with Gasteiger partial charge in [-0.25, -0.2) is 0 Å². The molecule has 280 valence electrons. The van der Waals surface area contributed by atoms with E-state index >= 15 is 0 Å². The van der Waals surface area contributed by atoms with E-state index in [2.05, 4.69) is 26.2 Å². The number of rotatable bonds is 16. The number of phenols is 4. The van der Waals surface area contributed by atoms with E-state index in [1.165, 1.54) is 0 Å². The molecule has 4 N–H and O–H groups in total. The second kappa shape index (κ2) is 17.7. The van der Waals surface area contributed by atoms with Crippen molar-refractivity contribution in [2.24, 2.45) is 0 Å².